The summed E-state index contributed by atoms with van der Waals surface area (Å²) in [5.74, 6) is -0.192. The summed E-state index contributed by atoms with van der Waals surface area (Å²) in [7, 11) is 0. The maximum Gasteiger partial charge on any atom is 0.357 e. The van der Waals surface area contributed by atoms with Crippen molar-refractivity contribution in [3.05, 3.63) is 27.6 Å². The Morgan fingerprint density at radius 1 is 1.32 bits per heavy atom. The molecule has 0 spiro atoms. The number of rotatable bonds is 3. The quantitative estimate of drug-likeness (QED) is 0.789. The summed E-state index contributed by atoms with van der Waals surface area (Å²) in [4.78, 5) is 29.4. The number of ketones is 1. The molecule has 2 heterocycles. The predicted molar refractivity (Wildman–Crippen MR) is 87.8 cm³/mol. The minimum atomic E-state index is -0.396. The van der Waals surface area contributed by atoms with E-state index in [9.17, 15) is 9.59 Å². The van der Waals surface area contributed by atoms with Crippen LogP contribution in [0.25, 0.3) is 9.88 Å². The molecule has 0 saturated carbocycles. The van der Waals surface area contributed by atoms with Crippen LogP contribution in [0, 0.1) is 5.41 Å². The van der Waals surface area contributed by atoms with Gasteiger partial charge in [0.1, 0.15) is 5.01 Å². The largest absolute Gasteiger partial charge is 0.461 e. The predicted octanol–water partition coefficient (Wildman–Crippen LogP) is 4.20. The van der Waals surface area contributed by atoms with Gasteiger partial charge in [0.05, 0.1) is 11.5 Å². The van der Waals surface area contributed by atoms with E-state index in [0.29, 0.717) is 18.7 Å². The minimum Gasteiger partial charge on any atom is -0.461 e. The molecule has 1 aliphatic rings. The molecule has 0 N–H and O–H groups in total. The zero-order valence-electron chi connectivity index (χ0n) is 12.8. The van der Waals surface area contributed by atoms with Gasteiger partial charge in [-0.1, -0.05) is 13.8 Å². The van der Waals surface area contributed by atoms with E-state index >= 15 is 0 Å². The van der Waals surface area contributed by atoms with E-state index in [1.54, 1.807) is 12.3 Å². The van der Waals surface area contributed by atoms with Gasteiger partial charge in [-0.25, -0.2) is 9.78 Å². The van der Waals surface area contributed by atoms with Crippen LogP contribution >= 0.6 is 22.7 Å². The van der Waals surface area contributed by atoms with Crippen LogP contribution in [0.5, 0.6) is 0 Å². The third kappa shape index (κ3) is 2.73. The fourth-order valence-corrected chi connectivity index (χ4v) is 4.74. The van der Waals surface area contributed by atoms with E-state index in [-0.39, 0.29) is 11.2 Å². The van der Waals surface area contributed by atoms with Gasteiger partial charge >= 0.3 is 5.97 Å². The lowest BCUT2D eigenvalue weighted by Gasteiger charge is -2.28. The first kappa shape index (κ1) is 15.4. The summed E-state index contributed by atoms with van der Waals surface area (Å²) < 4.78 is 4.98. The van der Waals surface area contributed by atoms with Crippen LogP contribution in [0.3, 0.4) is 0 Å². The SMILES string of the molecule is CCOC(=O)c1csc(-c2scc3c2CC(C)(C)CC3=O)n1. The third-order valence-electron chi connectivity index (χ3n) is 3.67. The average molecular weight is 335 g/mol. The zero-order chi connectivity index (χ0) is 15.9. The molecule has 6 heteroatoms. The van der Waals surface area contributed by atoms with Gasteiger partial charge in [-0.15, -0.1) is 22.7 Å². The molecular formula is C16H17NO3S2. The molecule has 3 rings (SSSR count). The highest BCUT2D eigenvalue weighted by molar-refractivity contribution is 7.20. The normalized spacial score (nSPS) is 16.4. The highest BCUT2D eigenvalue weighted by atomic mass is 32.1. The van der Waals surface area contributed by atoms with Crippen molar-refractivity contribution in [1.29, 1.82) is 0 Å². The number of nitrogens with zero attached hydrogens (tertiary/aromatic N) is 1. The number of Topliss-reactive ketones (excluding diaryl/α,β-unsaturated/α-hetero) is 1. The topological polar surface area (TPSA) is 56.3 Å². The second-order valence-corrected chi connectivity index (χ2v) is 7.89. The second-order valence-electron chi connectivity index (χ2n) is 6.16. The van der Waals surface area contributed by atoms with Crippen molar-refractivity contribution >= 4 is 34.4 Å². The maximum absolute atomic E-state index is 12.3. The maximum atomic E-state index is 12.3. The van der Waals surface area contributed by atoms with E-state index in [0.717, 1.165) is 27.4 Å². The van der Waals surface area contributed by atoms with Crippen molar-refractivity contribution in [2.24, 2.45) is 5.41 Å². The number of aromatic nitrogens is 1. The molecule has 0 atom stereocenters. The van der Waals surface area contributed by atoms with Gasteiger partial charge in [-0.05, 0) is 24.3 Å². The van der Waals surface area contributed by atoms with Gasteiger partial charge in [0, 0.05) is 22.7 Å². The number of carbonyl (C=O) groups excluding carboxylic acids is 2. The Kier molecular flexibility index (Phi) is 3.91. The first-order valence-corrected chi connectivity index (χ1v) is 8.94. The van der Waals surface area contributed by atoms with Crippen LogP contribution in [-0.4, -0.2) is 23.3 Å². The standard InChI is InChI=1S/C16H17NO3S2/c1-4-20-15(19)11-8-22-14(17-11)13-9-5-16(2,3)6-12(18)10(9)7-21-13/h7-8H,4-6H2,1-3H3. The van der Waals surface area contributed by atoms with Crippen LogP contribution in [-0.2, 0) is 11.2 Å². The number of hydrogen-bond acceptors (Lipinski definition) is 6. The van der Waals surface area contributed by atoms with Gasteiger partial charge in [-0.2, -0.15) is 0 Å². The number of carbonyl (C=O) groups is 2. The van der Waals surface area contributed by atoms with E-state index in [1.807, 2.05) is 5.38 Å². The fourth-order valence-electron chi connectivity index (χ4n) is 2.72. The summed E-state index contributed by atoms with van der Waals surface area (Å²) >= 11 is 2.96. The summed E-state index contributed by atoms with van der Waals surface area (Å²) in [5, 5.41) is 4.43. The molecule has 0 saturated heterocycles. The number of thiophene rings is 1. The Labute approximate surface area is 137 Å². The highest BCUT2D eigenvalue weighted by Crippen LogP contribution is 2.43. The number of thiazole rings is 1. The van der Waals surface area contributed by atoms with E-state index in [4.69, 9.17) is 4.74 Å². The second kappa shape index (κ2) is 5.59. The zero-order valence-corrected chi connectivity index (χ0v) is 14.4. The van der Waals surface area contributed by atoms with Gasteiger partial charge in [0.25, 0.3) is 0 Å². The molecule has 0 fully saturated rings. The van der Waals surface area contributed by atoms with Gasteiger partial charge in [-0.3, -0.25) is 4.79 Å². The molecule has 4 nitrogen and oxygen atoms in total. The van der Waals surface area contributed by atoms with Crippen molar-refractivity contribution < 1.29 is 14.3 Å². The molecule has 2 aromatic heterocycles. The summed E-state index contributed by atoms with van der Waals surface area (Å²) in [5.41, 5.74) is 2.22. The van der Waals surface area contributed by atoms with Crippen molar-refractivity contribution in [3.63, 3.8) is 0 Å². The van der Waals surface area contributed by atoms with E-state index in [1.165, 1.54) is 22.7 Å². The molecule has 1 aliphatic carbocycles. The molecule has 0 aliphatic heterocycles. The Morgan fingerprint density at radius 3 is 2.82 bits per heavy atom. The summed E-state index contributed by atoms with van der Waals surface area (Å²) in [6.07, 6.45) is 1.45. The van der Waals surface area contributed by atoms with E-state index < -0.39 is 5.97 Å². The van der Waals surface area contributed by atoms with Gasteiger partial charge in [0.2, 0.25) is 0 Å². The number of ether oxygens (including phenoxy) is 1. The average Bonchev–Trinajstić information content (AvgIpc) is 3.03. The number of fused-ring (bicyclic) bond motifs is 1. The third-order valence-corrected chi connectivity index (χ3v) is 5.69. The van der Waals surface area contributed by atoms with Crippen molar-refractivity contribution in [1.82, 2.24) is 4.98 Å². The smallest absolute Gasteiger partial charge is 0.357 e. The lowest BCUT2D eigenvalue weighted by molar-refractivity contribution is 0.0520. The van der Waals surface area contributed by atoms with Crippen molar-refractivity contribution in [2.75, 3.05) is 6.61 Å². The van der Waals surface area contributed by atoms with Crippen LogP contribution in [0.4, 0.5) is 0 Å². The Balaban J connectivity index is 1.98. The van der Waals surface area contributed by atoms with Crippen LogP contribution in [0.15, 0.2) is 10.8 Å². The first-order chi connectivity index (χ1) is 10.4. The fraction of sp³-hybridized carbons (Fsp3) is 0.438. The lowest BCUT2D eigenvalue weighted by Crippen LogP contribution is -2.26. The van der Waals surface area contributed by atoms with Gasteiger partial charge < -0.3 is 4.74 Å². The van der Waals surface area contributed by atoms with E-state index in [2.05, 4.69) is 18.8 Å². The number of hydrogen-bond donors (Lipinski definition) is 0. The Bertz CT molecular complexity index is 742. The minimum absolute atomic E-state index is 0.0266. The van der Waals surface area contributed by atoms with Crippen molar-refractivity contribution in [3.8, 4) is 9.88 Å². The molecule has 0 unspecified atom stereocenters. The molecule has 0 radical (unpaired) electrons. The monoisotopic (exact) mass is 335 g/mol. The first-order valence-electron chi connectivity index (χ1n) is 7.18. The lowest BCUT2D eigenvalue weighted by atomic mass is 9.74. The van der Waals surface area contributed by atoms with Crippen molar-refractivity contribution in [2.45, 2.75) is 33.6 Å². The molecule has 116 valence electrons. The number of esters is 1. The Morgan fingerprint density at radius 2 is 2.09 bits per heavy atom. The van der Waals surface area contributed by atoms with Gasteiger partial charge in [0.15, 0.2) is 11.5 Å². The summed E-state index contributed by atoms with van der Waals surface area (Å²) in [6, 6.07) is 0. The van der Waals surface area contributed by atoms with Crippen LogP contribution in [0.1, 0.15) is 53.6 Å². The van der Waals surface area contributed by atoms with Crippen LogP contribution in [0.2, 0.25) is 0 Å². The molecular weight excluding hydrogens is 318 g/mol. The molecule has 22 heavy (non-hydrogen) atoms. The molecule has 0 aromatic carbocycles. The van der Waals surface area contributed by atoms with Crippen LogP contribution < -0.4 is 0 Å². The molecule has 0 amide bonds. The molecule has 0 bridgehead atoms. The molecule has 2 aromatic rings. The Hall–Kier alpha value is -1.53. The highest BCUT2D eigenvalue weighted by Gasteiger charge is 2.34. The summed E-state index contributed by atoms with van der Waals surface area (Å²) in [6.45, 7) is 6.33.